The molecular weight excluding hydrogens is 544 g/mol. The van der Waals surface area contributed by atoms with E-state index >= 15 is 0 Å². The molecular formula is C40H56O4. The zero-order valence-electron chi connectivity index (χ0n) is 28.8. The standard InChI is InChI=1S/C40H56O4/c1-27(17-13-19-29(3)33-21-35-37(5,6)23-31(41)25-39(35,9)43-33)15-11-12-16-28(2)18-14-20-30(4)34-22-36-38(7,8)24-32(42)26-40(36,10)44-34/h11-22,31-34,41-42H,23-26H2,1-10H3/b12-11+,17-13+,18-14+,27-15+,28-16+,29-19+,30-20+/t31?,32?,33-,34-,39?,40?/m1/s1. The number of aliphatic hydroxyl groups excluding tert-OH is 2. The van der Waals surface area contributed by atoms with Gasteiger partial charge >= 0.3 is 0 Å². The molecule has 0 aromatic carbocycles. The molecule has 2 aliphatic heterocycles. The quantitative estimate of drug-likeness (QED) is 0.216. The molecule has 0 radical (unpaired) electrons. The molecule has 0 spiro atoms. The van der Waals surface area contributed by atoms with Crippen LogP contribution in [0.1, 0.15) is 94.9 Å². The Hall–Kier alpha value is -2.50. The zero-order valence-corrected chi connectivity index (χ0v) is 28.8. The van der Waals surface area contributed by atoms with Crippen molar-refractivity contribution in [3.05, 3.63) is 106 Å². The number of hydrogen-bond acceptors (Lipinski definition) is 4. The highest BCUT2D eigenvalue weighted by Crippen LogP contribution is 2.53. The summed E-state index contributed by atoms with van der Waals surface area (Å²) >= 11 is 0. The average molecular weight is 601 g/mol. The second-order valence-corrected chi connectivity index (χ2v) is 15.3. The van der Waals surface area contributed by atoms with Crippen LogP contribution in [0.4, 0.5) is 0 Å². The number of hydrogen-bond donors (Lipinski definition) is 2. The second-order valence-electron chi connectivity index (χ2n) is 15.3. The van der Waals surface area contributed by atoms with Gasteiger partial charge in [0.15, 0.2) is 0 Å². The van der Waals surface area contributed by atoms with E-state index in [1.807, 2.05) is 0 Å². The monoisotopic (exact) mass is 600 g/mol. The van der Waals surface area contributed by atoms with Gasteiger partial charge in [0.25, 0.3) is 0 Å². The third-order valence-corrected chi connectivity index (χ3v) is 9.91. The van der Waals surface area contributed by atoms with Crippen LogP contribution in [0.15, 0.2) is 106 Å². The first-order valence-corrected chi connectivity index (χ1v) is 16.3. The SMILES string of the molecule is CC(/C=C/C=C(\C)[C@H]1C=C2C(C)(C)CC(O)CC2(C)O1)=C\C=C\C=C(C)\C=C\C=C(/C)[C@H]1C=C2C(C)(C)CC(O)CC2(C)O1. The zero-order chi connectivity index (χ0) is 32.5. The van der Waals surface area contributed by atoms with E-state index < -0.39 is 0 Å². The molecule has 2 aliphatic carbocycles. The summed E-state index contributed by atoms with van der Waals surface area (Å²) in [6.45, 7) is 21.5. The van der Waals surface area contributed by atoms with Crippen LogP contribution in [0.3, 0.4) is 0 Å². The van der Waals surface area contributed by atoms with E-state index in [4.69, 9.17) is 9.47 Å². The summed E-state index contributed by atoms with van der Waals surface area (Å²) in [5.41, 5.74) is 6.43. The maximum absolute atomic E-state index is 10.4. The van der Waals surface area contributed by atoms with Crippen LogP contribution in [0.5, 0.6) is 0 Å². The molecule has 4 aliphatic rings. The van der Waals surface area contributed by atoms with Gasteiger partial charge in [-0.3, -0.25) is 0 Å². The first kappa shape index (κ1) is 34.4. The lowest BCUT2D eigenvalue weighted by Crippen LogP contribution is -2.45. The lowest BCUT2D eigenvalue weighted by Gasteiger charge is -2.44. The normalized spacial score (nSPS) is 36.3. The second kappa shape index (κ2) is 13.1. The molecule has 6 atom stereocenters. The Morgan fingerprint density at radius 1 is 0.591 bits per heavy atom. The van der Waals surface area contributed by atoms with Gasteiger partial charge in [0.1, 0.15) is 0 Å². The van der Waals surface area contributed by atoms with Crippen LogP contribution in [-0.2, 0) is 9.47 Å². The van der Waals surface area contributed by atoms with Gasteiger partial charge in [0.05, 0.1) is 35.6 Å². The molecule has 2 saturated carbocycles. The van der Waals surface area contributed by atoms with Crippen molar-refractivity contribution in [1.82, 2.24) is 0 Å². The molecule has 240 valence electrons. The Kier molecular flexibility index (Phi) is 10.2. The van der Waals surface area contributed by atoms with Gasteiger partial charge in [-0.05, 0) is 99.7 Å². The average Bonchev–Trinajstić information content (AvgIpc) is 3.43. The number of fused-ring (bicyclic) bond motifs is 2. The molecule has 2 heterocycles. The molecule has 2 fully saturated rings. The molecule has 4 unspecified atom stereocenters. The van der Waals surface area contributed by atoms with Crippen molar-refractivity contribution in [2.24, 2.45) is 10.8 Å². The van der Waals surface area contributed by atoms with E-state index in [0.717, 1.165) is 24.0 Å². The summed E-state index contributed by atoms with van der Waals surface area (Å²) in [6.07, 6.45) is 27.7. The van der Waals surface area contributed by atoms with Gasteiger partial charge in [-0.15, -0.1) is 0 Å². The number of ether oxygens (including phenoxy) is 2. The maximum Gasteiger partial charge on any atom is 0.0982 e. The van der Waals surface area contributed by atoms with E-state index in [0.29, 0.717) is 12.8 Å². The van der Waals surface area contributed by atoms with Gasteiger partial charge in [-0.1, -0.05) is 99.6 Å². The van der Waals surface area contributed by atoms with E-state index in [-0.39, 0.29) is 46.4 Å². The Labute approximate surface area is 267 Å². The summed E-state index contributed by atoms with van der Waals surface area (Å²) in [6, 6.07) is 0. The predicted molar refractivity (Wildman–Crippen MR) is 183 cm³/mol. The molecule has 0 aromatic heterocycles. The van der Waals surface area contributed by atoms with E-state index in [2.05, 4.69) is 142 Å². The lowest BCUT2D eigenvalue weighted by molar-refractivity contribution is -0.0688. The molecule has 0 amide bonds. The topological polar surface area (TPSA) is 58.9 Å². The molecule has 0 bridgehead atoms. The molecule has 4 nitrogen and oxygen atoms in total. The van der Waals surface area contributed by atoms with Gasteiger partial charge in [-0.25, -0.2) is 0 Å². The minimum absolute atomic E-state index is 0.0509. The first-order valence-electron chi connectivity index (χ1n) is 16.3. The Morgan fingerprint density at radius 2 is 0.955 bits per heavy atom. The number of allylic oxidation sites excluding steroid dienone is 12. The van der Waals surface area contributed by atoms with Crippen molar-refractivity contribution < 1.29 is 19.7 Å². The fourth-order valence-corrected chi connectivity index (χ4v) is 7.92. The summed E-state index contributed by atoms with van der Waals surface area (Å²) in [7, 11) is 0. The van der Waals surface area contributed by atoms with Crippen LogP contribution in [0.2, 0.25) is 0 Å². The highest BCUT2D eigenvalue weighted by molar-refractivity contribution is 5.39. The van der Waals surface area contributed by atoms with Crippen LogP contribution >= 0.6 is 0 Å². The van der Waals surface area contributed by atoms with Crippen LogP contribution in [0.25, 0.3) is 0 Å². The van der Waals surface area contributed by atoms with Crippen molar-refractivity contribution >= 4 is 0 Å². The molecule has 4 rings (SSSR count). The van der Waals surface area contributed by atoms with Gasteiger partial charge in [0.2, 0.25) is 0 Å². The fraction of sp³-hybridized carbons (Fsp3) is 0.550. The Bertz CT molecular complexity index is 1270. The number of rotatable bonds is 8. The van der Waals surface area contributed by atoms with Gasteiger partial charge in [0, 0.05) is 12.8 Å². The van der Waals surface area contributed by atoms with Gasteiger partial charge < -0.3 is 19.7 Å². The summed E-state index contributed by atoms with van der Waals surface area (Å²) in [5, 5.41) is 20.8. The first-order chi connectivity index (χ1) is 20.4. The molecule has 0 saturated heterocycles. The van der Waals surface area contributed by atoms with Gasteiger partial charge in [-0.2, -0.15) is 0 Å². The van der Waals surface area contributed by atoms with Crippen molar-refractivity contribution in [3.8, 4) is 0 Å². The summed E-state index contributed by atoms with van der Waals surface area (Å²) in [5.74, 6) is 0. The third-order valence-electron chi connectivity index (χ3n) is 9.91. The van der Waals surface area contributed by atoms with E-state index in [1.54, 1.807) is 0 Å². The minimum Gasteiger partial charge on any atom is -0.393 e. The minimum atomic E-state index is -0.386. The van der Waals surface area contributed by atoms with Crippen molar-refractivity contribution in [1.29, 1.82) is 0 Å². The summed E-state index contributed by atoms with van der Waals surface area (Å²) < 4.78 is 12.9. The molecule has 0 aromatic rings. The van der Waals surface area contributed by atoms with E-state index in [9.17, 15) is 10.2 Å². The van der Waals surface area contributed by atoms with Crippen LogP contribution < -0.4 is 0 Å². The van der Waals surface area contributed by atoms with E-state index in [1.165, 1.54) is 22.3 Å². The van der Waals surface area contributed by atoms with Crippen molar-refractivity contribution in [3.63, 3.8) is 0 Å². The molecule has 44 heavy (non-hydrogen) atoms. The predicted octanol–water partition coefficient (Wildman–Crippen LogP) is 8.97. The largest absolute Gasteiger partial charge is 0.393 e. The fourth-order valence-electron chi connectivity index (χ4n) is 7.92. The Morgan fingerprint density at radius 3 is 1.32 bits per heavy atom. The molecule has 4 heteroatoms. The highest BCUT2D eigenvalue weighted by Gasteiger charge is 2.51. The molecule has 2 N–H and O–H groups in total. The van der Waals surface area contributed by atoms with Crippen molar-refractivity contribution in [2.75, 3.05) is 0 Å². The highest BCUT2D eigenvalue weighted by atomic mass is 16.5. The van der Waals surface area contributed by atoms with Crippen LogP contribution in [-0.4, -0.2) is 45.8 Å². The van der Waals surface area contributed by atoms with Crippen LogP contribution in [0, 0.1) is 10.8 Å². The maximum atomic E-state index is 10.4. The van der Waals surface area contributed by atoms with Crippen molar-refractivity contribution in [2.45, 2.75) is 131 Å². The number of aliphatic hydroxyl groups is 2. The third kappa shape index (κ3) is 7.83. The Balaban J connectivity index is 1.29. The smallest absolute Gasteiger partial charge is 0.0982 e. The lowest BCUT2D eigenvalue weighted by atomic mass is 9.65. The summed E-state index contributed by atoms with van der Waals surface area (Å²) in [4.78, 5) is 0.